The lowest BCUT2D eigenvalue weighted by Gasteiger charge is -2.20. The van der Waals surface area contributed by atoms with Crippen LogP contribution in [0.25, 0.3) is 22.2 Å². The van der Waals surface area contributed by atoms with Crippen molar-refractivity contribution in [1.82, 2.24) is 15.0 Å². The summed E-state index contributed by atoms with van der Waals surface area (Å²) in [6.45, 7) is 0. The fourth-order valence-corrected chi connectivity index (χ4v) is 4.16. The number of halogens is 1. The number of anilines is 2. The van der Waals surface area contributed by atoms with Crippen molar-refractivity contribution in [2.24, 2.45) is 0 Å². The maximum Gasteiger partial charge on any atom is 0.137 e. The fraction of sp³-hybridized carbons (Fsp3) is 0.182. The SMILES string of the molecule is Clc1cc(-c2c[nH]c3ncccc23)cc(Nc2cccc3c2CCCC3)n1. The summed E-state index contributed by atoms with van der Waals surface area (Å²) in [5, 5.41) is 5.04. The Bertz CT molecular complexity index is 1130. The molecule has 5 rings (SSSR count). The van der Waals surface area contributed by atoms with E-state index in [9.17, 15) is 0 Å². The molecule has 0 radical (unpaired) electrons. The second-order valence-electron chi connectivity index (χ2n) is 6.94. The number of nitrogens with zero attached hydrogens (tertiary/aromatic N) is 2. The number of aryl methyl sites for hydroxylation is 1. The van der Waals surface area contributed by atoms with E-state index in [1.165, 1.54) is 24.0 Å². The first-order valence-corrected chi connectivity index (χ1v) is 9.63. The maximum absolute atomic E-state index is 6.35. The molecular weight excluding hydrogens is 356 g/mol. The molecular formula is C22H19ClN4. The van der Waals surface area contributed by atoms with Gasteiger partial charge in [-0.15, -0.1) is 0 Å². The average molecular weight is 375 g/mol. The molecule has 4 nitrogen and oxygen atoms in total. The van der Waals surface area contributed by atoms with Crippen LogP contribution in [0.5, 0.6) is 0 Å². The molecule has 0 amide bonds. The number of aromatic nitrogens is 3. The third-order valence-corrected chi connectivity index (χ3v) is 5.41. The minimum Gasteiger partial charge on any atom is -0.346 e. The van der Waals surface area contributed by atoms with Crippen LogP contribution < -0.4 is 5.32 Å². The largest absolute Gasteiger partial charge is 0.346 e. The molecule has 0 saturated carbocycles. The van der Waals surface area contributed by atoms with Crippen molar-refractivity contribution in [1.29, 1.82) is 0 Å². The molecule has 5 heteroatoms. The Morgan fingerprint density at radius 3 is 2.93 bits per heavy atom. The molecule has 0 spiro atoms. The van der Waals surface area contributed by atoms with Gasteiger partial charge in [0.15, 0.2) is 0 Å². The first-order valence-electron chi connectivity index (χ1n) is 9.26. The Hall–Kier alpha value is -2.85. The highest BCUT2D eigenvalue weighted by molar-refractivity contribution is 6.29. The van der Waals surface area contributed by atoms with Crippen molar-refractivity contribution in [2.45, 2.75) is 25.7 Å². The second-order valence-corrected chi connectivity index (χ2v) is 7.33. The highest BCUT2D eigenvalue weighted by Gasteiger charge is 2.14. The number of hydrogen-bond donors (Lipinski definition) is 2. The van der Waals surface area contributed by atoms with Gasteiger partial charge in [-0.2, -0.15) is 0 Å². The molecule has 0 saturated heterocycles. The lowest BCUT2D eigenvalue weighted by molar-refractivity contribution is 0.687. The van der Waals surface area contributed by atoms with Gasteiger partial charge in [-0.3, -0.25) is 0 Å². The summed E-state index contributed by atoms with van der Waals surface area (Å²) < 4.78 is 0. The number of hydrogen-bond acceptors (Lipinski definition) is 3. The minimum absolute atomic E-state index is 0.470. The zero-order valence-electron chi connectivity index (χ0n) is 14.8. The molecule has 1 aromatic carbocycles. The van der Waals surface area contributed by atoms with E-state index in [0.717, 1.165) is 46.5 Å². The molecule has 0 bridgehead atoms. The third-order valence-electron chi connectivity index (χ3n) is 5.21. The van der Waals surface area contributed by atoms with Crippen LogP contribution in [0.15, 0.2) is 54.9 Å². The minimum atomic E-state index is 0.470. The number of pyridine rings is 2. The first-order chi connectivity index (χ1) is 13.3. The first kappa shape index (κ1) is 16.3. The fourth-order valence-electron chi connectivity index (χ4n) is 3.95. The van der Waals surface area contributed by atoms with Crippen LogP contribution in [0.3, 0.4) is 0 Å². The van der Waals surface area contributed by atoms with E-state index >= 15 is 0 Å². The van der Waals surface area contributed by atoms with Crippen molar-refractivity contribution in [3.8, 4) is 11.1 Å². The molecule has 0 atom stereocenters. The average Bonchev–Trinajstić information content (AvgIpc) is 3.12. The summed E-state index contributed by atoms with van der Waals surface area (Å²) in [6.07, 6.45) is 8.53. The van der Waals surface area contributed by atoms with E-state index in [0.29, 0.717) is 5.15 Å². The van der Waals surface area contributed by atoms with Gasteiger partial charge in [-0.1, -0.05) is 23.7 Å². The van der Waals surface area contributed by atoms with E-state index in [-0.39, 0.29) is 0 Å². The highest BCUT2D eigenvalue weighted by atomic mass is 35.5. The normalized spacial score (nSPS) is 13.5. The van der Waals surface area contributed by atoms with Gasteiger partial charge >= 0.3 is 0 Å². The standard InChI is InChI=1S/C22H19ClN4/c23-20-11-15(18-13-25-22-17(18)8-4-10-24-22)12-21(27-20)26-19-9-3-6-14-5-1-2-7-16(14)19/h3-4,6,8-13H,1-2,5,7H2,(H,24,25)(H,26,27). The van der Waals surface area contributed by atoms with Crippen molar-refractivity contribution in [2.75, 3.05) is 5.32 Å². The molecule has 2 N–H and O–H groups in total. The lowest BCUT2D eigenvalue weighted by Crippen LogP contribution is -2.06. The molecule has 27 heavy (non-hydrogen) atoms. The van der Waals surface area contributed by atoms with Gasteiger partial charge in [0.1, 0.15) is 16.6 Å². The van der Waals surface area contributed by atoms with Crippen LogP contribution in [-0.4, -0.2) is 15.0 Å². The maximum atomic E-state index is 6.35. The molecule has 134 valence electrons. The smallest absolute Gasteiger partial charge is 0.137 e. The van der Waals surface area contributed by atoms with Crippen LogP contribution in [0.1, 0.15) is 24.0 Å². The molecule has 3 heterocycles. The summed E-state index contributed by atoms with van der Waals surface area (Å²) in [5.74, 6) is 0.759. The van der Waals surface area contributed by atoms with E-state index in [4.69, 9.17) is 11.6 Å². The molecule has 0 fully saturated rings. The molecule has 4 aromatic rings. The molecule has 1 aliphatic rings. The molecule has 0 unspecified atom stereocenters. The number of fused-ring (bicyclic) bond motifs is 2. The van der Waals surface area contributed by atoms with Crippen molar-refractivity contribution >= 4 is 34.1 Å². The predicted molar refractivity (Wildman–Crippen MR) is 111 cm³/mol. The van der Waals surface area contributed by atoms with Crippen molar-refractivity contribution in [3.05, 3.63) is 71.1 Å². The zero-order valence-corrected chi connectivity index (χ0v) is 15.6. The molecule has 0 aliphatic heterocycles. The van der Waals surface area contributed by atoms with Gasteiger partial charge in [-0.05, 0) is 72.7 Å². The molecule has 3 aromatic heterocycles. The second kappa shape index (κ2) is 6.71. The van der Waals surface area contributed by atoms with Gasteiger partial charge in [0.25, 0.3) is 0 Å². The van der Waals surface area contributed by atoms with Crippen LogP contribution in [0.4, 0.5) is 11.5 Å². The van der Waals surface area contributed by atoms with Crippen molar-refractivity contribution in [3.63, 3.8) is 0 Å². The Morgan fingerprint density at radius 1 is 1.04 bits per heavy atom. The van der Waals surface area contributed by atoms with Crippen LogP contribution >= 0.6 is 11.6 Å². The summed E-state index contributed by atoms with van der Waals surface area (Å²) in [5.41, 5.74) is 6.93. The number of aromatic amines is 1. The Labute approximate surface area is 162 Å². The summed E-state index contributed by atoms with van der Waals surface area (Å²) in [4.78, 5) is 12.1. The van der Waals surface area contributed by atoms with Gasteiger partial charge in [0.05, 0.1) is 0 Å². The van der Waals surface area contributed by atoms with Gasteiger partial charge < -0.3 is 10.3 Å². The van der Waals surface area contributed by atoms with Crippen LogP contribution in [0, 0.1) is 0 Å². The number of H-pyrrole nitrogens is 1. The zero-order chi connectivity index (χ0) is 18.2. The van der Waals surface area contributed by atoms with Gasteiger partial charge in [0, 0.05) is 29.0 Å². The third kappa shape index (κ3) is 3.06. The summed E-state index contributed by atoms with van der Waals surface area (Å²) in [6, 6.07) is 14.4. The van der Waals surface area contributed by atoms with E-state index in [1.807, 2.05) is 24.4 Å². The Balaban J connectivity index is 1.55. The predicted octanol–water partition coefficient (Wildman–Crippen LogP) is 5.90. The molecule has 1 aliphatic carbocycles. The van der Waals surface area contributed by atoms with E-state index < -0.39 is 0 Å². The summed E-state index contributed by atoms with van der Waals surface area (Å²) in [7, 11) is 0. The lowest BCUT2D eigenvalue weighted by atomic mass is 9.90. The van der Waals surface area contributed by atoms with Crippen LogP contribution in [-0.2, 0) is 12.8 Å². The topological polar surface area (TPSA) is 53.6 Å². The number of benzene rings is 1. The quantitative estimate of drug-likeness (QED) is 0.439. The van der Waals surface area contributed by atoms with Crippen molar-refractivity contribution < 1.29 is 0 Å². The number of nitrogens with one attached hydrogen (secondary N) is 2. The monoisotopic (exact) mass is 374 g/mol. The highest BCUT2D eigenvalue weighted by Crippen LogP contribution is 2.33. The van der Waals surface area contributed by atoms with E-state index in [2.05, 4.69) is 44.5 Å². The number of rotatable bonds is 3. The van der Waals surface area contributed by atoms with E-state index in [1.54, 1.807) is 6.20 Å². The Morgan fingerprint density at radius 2 is 1.96 bits per heavy atom. The summed E-state index contributed by atoms with van der Waals surface area (Å²) >= 11 is 6.35. The van der Waals surface area contributed by atoms with Crippen LogP contribution in [0.2, 0.25) is 5.15 Å². The van der Waals surface area contributed by atoms with Gasteiger partial charge in [-0.25, -0.2) is 9.97 Å². The van der Waals surface area contributed by atoms with Gasteiger partial charge in [0.2, 0.25) is 0 Å². The Kier molecular flexibility index (Phi) is 4.06.